The quantitative estimate of drug-likeness (QED) is 0.615. The second-order valence-electron chi connectivity index (χ2n) is 5.02. The minimum atomic E-state index is -0.577. The van der Waals surface area contributed by atoms with E-state index >= 15 is 0 Å². The van der Waals surface area contributed by atoms with Gasteiger partial charge in [-0.3, -0.25) is 0 Å². The van der Waals surface area contributed by atoms with Crippen LogP contribution in [0.4, 0.5) is 0 Å². The molecule has 2 aromatic rings. The van der Waals surface area contributed by atoms with Crippen LogP contribution >= 0.6 is 35.0 Å². The van der Waals surface area contributed by atoms with Gasteiger partial charge in [0.1, 0.15) is 15.8 Å². The van der Waals surface area contributed by atoms with Crippen LogP contribution in [-0.2, 0) is 0 Å². The van der Waals surface area contributed by atoms with Crippen LogP contribution in [0.25, 0.3) is 5.69 Å². The lowest BCUT2D eigenvalue weighted by Gasteiger charge is -2.10. The normalized spacial score (nSPS) is 19.5. The van der Waals surface area contributed by atoms with Gasteiger partial charge < -0.3 is 4.74 Å². The number of aryl methyl sites for hydroxylation is 1. The highest BCUT2D eigenvalue weighted by molar-refractivity contribution is 7.99. The molecule has 3 rings (SSSR count). The Morgan fingerprint density at radius 2 is 2.24 bits per heavy atom. The molecule has 0 N–H and O–H groups in total. The molecular formula is C13H14Cl2N4OS. The average molecular weight is 345 g/mol. The van der Waals surface area contributed by atoms with Gasteiger partial charge in [-0.2, -0.15) is 4.68 Å². The summed E-state index contributed by atoms with van der Waals surface area (Å²) in [6, 6.07) is 5.88. The van der Waals surface area contributed by atoms with Crippen molar-refractivity contribution in [2.24, 2.45) is 5.92 Å². The molecule has 1 aliphatic carbocycles. The first-order valence-corrected chi connectivity index (χ1v) is 8.19. The first-order valence-electron chi connectivity index (χ1n) is 6.45. The number of halogens is 2. The van der Waals surface area contributed by atoms with Crippen molar-refractivity contribution in [2.45, 2.75) is 22.8 Å². The van der Waals surface area contributed by atoms with Crippen molar-refractivity contribution in [1.29, 1.82) is 0 Å². The Hall–Kier alpha value is -0.980. The number of hydrogen-bond acceptors (Lipinski definition) is 5. The number of nitrogens with zero attached hydrogens (tertiary/aromatic N) is 4. The van der Waals surface area contributed by atoms with E-state index in [2.05, 4.69) is 15.5 Å². The molecule has 21 heavy (non-hydrogen) atoms. The fourth-order valence-electron chi connectivity index (χ4n) is 2.01. The Morgan fingerprint density at radius 1 is 1.48 bits per heavy atom. The van der Waals surface area contributed by atoms with Gasteiger partial charge in [-0.05, 0) is 41.5 Å². The van der Waals surface area contributed by atoms with Crippen molar-refractivity contribution in [1.82, 2.24) is 20.2 Å². The number of thioether (sulfide) groups is 1. The minimum absolute atomic E-state index is 0.287. The maximum atomic E-state index is 6.05. The van der Waals surface area contributed by atoms with Crippen molar-refractivity contribution in [3.63, 3.8) is 0 Å². The lowest BCUT2D eigenvalue weighted by molar-refractivity contribution is 0.410. The van der Waals surface area contributed by atoms with Crippen molar-refractivity contribution < 1.29 is 4.74 Å². The van der Waals surface area contributed by atoms with E-state index < -0.39 is 4.33 Å². The highest BCUT2D eigenvalue weighted by Gasteiger charge is 2.51. The van der Waals surface area contributed by atoms with Gasteiger partial charge in [0.15, 0.2) is 0 Å². The summed E-state index contributed by atoms with van der Waals surface area (Å²) >= 11 is 13.6. The fourth-order valence-corrected chi connectivity index (χ4v) is 3.83. The molecule has 0 amide bonds. The number of aromatic nitrogens is 4. The van der Waals surface area contributed by atoms with E-state index in [1.54, 1.807) is 23.6 Å². The molecule has 1 fully saturated rings. The van der Waals surface area contributed by atoms with E-state index in [9.17, 15) is 0 Å². The SMILES string of the molecule is COc1ccc(C)cc1-n1nnnc1SC[C@H]1CC1(Cl)Cl. The van der Waals surface area contributed by atoms with Gasteiger partial charge in [-0.15, -0.1) is 28.3 Å². The van der Waals surface area contributed by atoms with Gasteiger partial charge in [0.25, 0.3) is 0 Å². The monoisotopic (exact) mass is 344 g/mol. The van der Waals surface area contributed by atoms with Crippen LogP contribution in [0, 0.1) is 12.8 Å². The third-order valence-corrected chi connectivity index (χ3v) is 5.38. The fraction of sp³-hybridized carbons (Fsp3) is 0.462. The summed E-state index contributed by atoms with van der Waals surface area (Å²) in [6.45, 7) is 2.01. The van der Waals surface area contributed by atoms with Crippen LogP contribution in [0.3, 0.4) is 0 Å². The molecule has 8 heteroatoms. The molecule has 1 heterocycles. The predicted molar refractivity (Wildman–Crippen MR) is 83.7 cm³/mol. The summed E-state index contributed by atoms with van der Waals surface area (Å²) in [7, 11) is 1.63. The number of rotatable bonds is 5. The van der Waals surface area contributed by atoms with E-state index in [4.69, 9.17) is 27.9 Å². The zero-order chi connectivity index (χ0) is 15.0. The van der Waals surface area contributed by atoms with Crippen LogP contribution in [0.1, 0.15) is 12.0 Å². The second kappa shape index (κ2) is 5.66. The van der Waals surface area contributed by atoms with Crippen LogP contribution in [0.5, 0.6) is 5.75 Å². The van der Waals surface area contributed by atoms with Crippen molar-refractivity contribution in [3.05, 3.63) is 23.8 Å². The molecule has 0 radical (unpaired) electrons. The first kappa shape index (κ1) is 14.9. The largest absolute Gasteiger partial charge is 0.494 e. The number of methoxy groups -OCH3 is 1. The molecule has 0 unspecified atom stereocenters. The third-order valence-electron chi connectivity index (χ3n) is 3.37. The standard InChI is InChI=1S/C13H14Cl2N4OS/c1-8-3-4-11(20-2)10(5-8)19-12(16-17-18-19)21-7-9-6-13(9,14)15/h3-5,9H,6-7H2,1-2H3/t9-/m1/s1. The lowest BCUT2D eigenvalue weighted by Crippen LogP contribution is -2.03. The Labute approximate surface area is 136 Å². The maximum absolute atomic E-state index is 6.05. The topological polar surface area (TPSA) is 52.8 Å². The zero-order valence-corrected chi connectivity index (χ0v) is 13.9. The van der Waals surface area contributed by atoms with Crippen LogP contribution in [0.15, 0.2) is 23.4 Å². The van der Waals surface area contributed by atoms with Crippen molar-refractivity contribution in [2.75, 3.05) is 12.9 Å². The van der Waals surface area contributed by atoms with Crippen LogP contribution < -0.4 is 4.74 Å². The highest BCUT2D eigenvalue weighted by atomic mass is 35.5. The van der Waals surface area contributed by atoms with Gasteiger partial charge in [0.2, 0.25) is 5.16 Å². The number of hydrogen-bond donors (Lipinski definition) is 0. The zero-order valence-electron chi connectivity index (χ0n) is 11.6. The summed E-state index contributed by atoms with van der Waals surface area (Å²) in [4.78, 5) is 0. The Balaban J connectivity index is 1.83. The van der Waals surface area contributed by atoms with Crippen LogP contribution in [0.2, 0.25) is 0 Å². The molecule has 0 bridgehead atoms. The van der Waals surface area contributed by atoms with E-state index in [0.29, 0.717) is 5.16 Å². The first-order chi connectivity index (χ1) is 10.0. The van der Waals surface area contributed by atoms with Crippen molar-refractivity contribution in [3.8, 4) is 11.4 Å². The molecule has 1 atom stereocenters. The number of ether oxygens (including phenoxy) is 1. The maximum Gasteiger partial charge on any atom is 0.214 e. The van der Waals surface area contributed by atoms with E-state index in [0.717, 1.165) is 29.2 Å². The molecule has 1 aromatic heterocycles. The molecule has 1 aliphatic rings. The average Bonchev–Trinajstić information content (AvgIpc) is 2.87. The summed E-state index contributed by atoms with van der Waals surface area (Å²) in [5.74, 6) is 1.81. The smallest absolute Gasteiger partial charge is 0.214 e. The number of benzene rings is 1. The van der Waals surface area contributed by atoms with Crippen LogP contribution in [-0.4, -0.2) is 37.4 Å². The Kier molecular flexibility index (Phi) is 4.03. The molecule has 1 saturated carbocycles. The highest BCUT2D eigenvalue weighted by Crippen LogP contribution is 2.54. The summed E-state index contributed by atoms with van der Waals surface area (Å²) in [5.41, 5.74) is 1.93. The van der Waals surface area contributed by atoms with E-state index in [-0.39, 0.29) is 5.92 Å². The molecule has 5 nitrogen and oxygen atoms in total. The van der Waals surface area contributed by atoms with Gasteiger partial charge >= 0.3 is 0 Å². The molecular weight excluding hydrogens is 331 g/mol. The molecule has 0 aliphatic heterocycles. The summed E-state index contributed by atoms with van der Waals surface area (Å²) in [5, 5.41) is 12.6. The minimum Gasteiger partial charge on any atom is -0.494 e. The number of alkyl halides is 2. The Morgan fingerprint density at radius 3 is 2.90 bits per heavy atom. The van der Waals surface area contributed by atoms with Gasteiger partial charge in [-0.1, -0.05) is 17.8 Å². The lowest BCUT2D eigenvalue weighted by atomic mass is 10.2. The summed E-state index contributed by atoms with van der Waals surface area (Å²) < 4.78 is 6.49. The number of tetrazole rings is 1. The van der Waals surface area contributed by atoms with Gasteiger partial charge in [-0.25, -0.2) is 0 Å². The third kappa shape index (κ3) is 3.12. The molecule has 0 saturated heterocycles. The van der Waals surface area contributed by atoms with Gasteiger partial charge in [0, 0.05) is 11.7 Å². The van der Waals surface area contributed by atoms with Crippen molar-refractivity contribution >= 4 is 35.0 Å². The van der Waals surface area contributed by atoms with Gasteiger partial charge in [0.05, 0.1) is 7.11 Å². The molecule has 0 spiro atoms. The second-order valence-corrected chi connectivity index (χ2v) is 7.55. The predicted octanol–water partition coefficient (Wildman–Crippen LogP) is 3.27. The van der Waals surface area contributed by atoms with E-state index in [1.165, 1.54) is 0 Å². The molecule has 1 aromatic carbocycles. The summed E-state index contributed by atoms with van der Waals surface area (Å²) in [6.07, 6.45) is 0.818. The van der Waals surface area contributed by atoms with E-state index in [1.807, 2.05) is 25.1 Å². The Bertz CT molecular complexity index is 661. The molecule has 112 valence electrons.